The quantitative estimate of drug-likeness (QED) is 0.442. The summed E-state index contributed by atoms with van der Waals surface area (Å²) in [4.78, 5) is 15.8. The number of rotatable bonds is 9. The van der Waals surface area contributed by atoms with Gasteiger partial charge in [-0.2, -0.15) is 0 Å². The summed E-state index contributed by atoms with van der Waals surface area (Å²) in [6.07, 6.45) is 6.37. The highest BCUT2D eigenvalue weighted by Gasteiger charge is 2.44. The molecule has 0 aliphatic heterocycles. The fourth-order valence-electron chi connectivity index (χ4n) is 3.18. The molecule has 27 heavy (non-hydrogen) atoms. The van der Waals surface area contributed by atoms with Crippen molar-refractivity contribution in [2.24, 2.45) is 10.8 Å². The van der Waals surface area contributed by atoms with Crippen LogP contribution in [0.15, 0.2) is 18.2 Å². The number of benzene rings is 1. The highest BCUT2D eigenvalue weighted by molar-refractivity contribution is 5.98. The Morgan fingerprint density at radius 3 is 1.96 bits per heavy atom. The molecule has 0 N–H and O–H groups in total. The Bertz CT molecular complexity index is 607. The van der Waals surface area contributed by atoms with E-state index in [4.69, 9.17) is 0 Å². The number of aryl methyl sites for hydroxylation is 1. The third kappa shape index (κ3) is 5.80. The van der Waals surface area contributed by atoms with Crippen molar-refractivity contribution in [1.82, 2.24) is 0 Å². The normalized spacial score (nSPS) is 12.5. The number of hydrogen-bond donors (Lipinski definition) is 0. The van der Waals surface area contributed by atoms with Crippen LogP contribution >= 0.6 is 0 Å². The summed E-state index contributed by atoms with van der Waals surface area (Å²) in [5.74, 6) is -0.0851. The predicted molar refractivity (Wildman–Crippen MR) is 115 cm³/mol. The first kappa shape index (κ1) is 23.7. The molecule has 0 saturated heterocycles. The zero-order chi connectivity index (χ0) is 20.8. The van der Waals surface area contributed by atoms with Crippen LogP contribution in [0.3, 0.4) is 0 Å². The van der Waals surface area contributed by atoms with Crippen LogP contribution in [0.25, 0.3) is 0 Å². The summed E-state index contributed by atoms with van der Waals surface area (Å²) in [5, 5.41) is 0. The Balaban J connectivity index is 3.44. The van der Waals surface area contributed by atoms with Crippen LogP contribution < -0.4 is 4.90 Å². The molecule has 0 aromatic heterocycles. The van der Waals surface area contributed by atoms with Crippen molar-refractivity contribution in [3.63, 3.8) is 0 Å². The molecule has 0 aliphatic carbocycles. The van der Waals surface area contributed by atoms with E-state index in [1.54, 1.807) is 13.0 Å². The third-order valence-corrected chi connectivity index (χ3v) is 6.20. The number of halogens is 1. The van der Waals surface area contributed by atoms with Gasteiger partial charge in [-0.1, -0.05) is 74.1 Å². The Labute approximate surface area is 166 Å². The van der Waals surface area contributed by atoms with Gasteiger partial charge in [0.2, 0.25) is 5.91 Å². The molecule has 0 radical (unpaired) electrons. The maximum absolute atomic E-state index is 13.9. The second-order valence-corrected chi connectivity index (χ2v) is 9.42. The van der Waals surface area contributed by atoms with E-state index in [0.29, 0.717) is 5.56 Å². The van der Waals surface area contributed by atoms with Crippen LogP contribution in [0.1, 0.15) is 92.6 Å². The lowest BCUT2D eigenvalue weighted by Gasteiger charge is -2.44. The Kier molecular flexibility index (Phi) is 8.50. The topological polar surface area (TPSA) is 20.3 Å². The lowest BCUT2D eigenvalue weighted by Crippen LogP contribution is -2.51. The molecule has 154 valence electrons. The molecule has 0 heterocycles. The van der Waals surface area contributed by atoms with E-state index in [-0.39, 0.29) is 23.2 Å². The molecule has 0 atom stereocenters. The molecular formula is C24H40FNO. The van der Waals surface area contributed by atoms with Gasteiger partial charge in [0, 0.05) is 17.1 Å². The van der Waals surface area contributed by atoms with Crippen LogP contribution in [0.5, 0.6) is 0 Å². The summed E-state index contributed by atoms with van der Waals surface area (Å²) in [7, 11) is 0. The van der Waals surface area contributed by atoms with Crippen molar-refractivity contribution < 1.29 is 9.18 Å². The van der Waals surface area contributed by atoms with Gasteiger partial charge in [0.15, 0.2) is 0 Å². The summed E-state index contributed by atoms with van der Waals surface area (Å²) < 4.78 is 13.9. The number of carbonyl (C=O) groups excluding carboxylic acids is 1. The van der Waals surface area contributed by atoms with Gasteiger partial charge < -0.3 is 4.90 Å². The van der Waals surface area contributed by atoms with E-state index in [1.807, 2.05) is 24.8 Å². The van der Waals surface area contributed by atoms with Crippen molar-refractivity contribution in [3.8, 4) is 0 Å². The molecule has 0 saturated carbocycles. The summed E-state index contributed by atoms with van der Waals surface area (Å²) in [5.41, 5.74) is 0.723. The number of carbonyl (C=O) groups is 1. The Morgan fingerprint density at radius 1 is 1.04 bits per heavy atom. The lowest BCUT2D eigenvalue weighted by atomic mass is 9.68. The minimum atomic E-state index is -0.522. The van der Waals surface area contributed by atoms with Crippen LogP contribution in [-0.2, 0) is 4.79 Å². The van der Waals surface area contributed by atoms with E-state index in [0.717, 1.165) is 44.2 Å². The number of hydrogen-bond acceptors (Lipinski definition) is 1. The molecule has 1 rings (SSSR count). The van der Waals surface area contributed by atoms with Gasteiger partial charge >= 0.3 is 0 Å². The van der Waals surface area contributed by atoms with Crippen LogP contribution in [0.2, 0.25) is 0 Å². The van der Waals surface area contributed by atoms with E-state index in [1.165, 1.54) is 6.07 Å². The van der Waals surface area contributed by atoms with E-state index >= 15 is 0 Å². The molecule has 0 bridgehead atoms. The SMILES string of the molecule is CCCCC(CCCC)N(C(=O)C(C)(C)C(C)(C)C)c1ccc(F)c(C)c1. The minimum Gasteiger partial charge on any atom is -0.309 e. The van der Waals surface area contributed by atoms with Crippen LogP contribution in [-0.4, -0.2) is 11.9 Å². The van der Waals surface area contributed by atoms with Gasteiger partial charge in [0.05, 0.1) is 0 Å². The van der Waals surface area contributed by atoms with Crippen LogP contribution in [0.4, 0.5) is 10.1 Å². The molecule has 0 spiro atoms. The number of unbranched alkanes of at least 4 members (excludes halogenated alkanes) is 2. The number of nitrogens with zero attached hydrogens (tertiary/aromatic N) is 1. The molecule has 2 nitrogen and oxygen atoms in total. The molecule has 0 aliphatic rings. The lowest BCUT2D eigenvalue weighted by molar-refractivity contribution is -0.132. The van der Waals surface area contributed by atoms with Crippen molar-refractivity contribution in [2.45, 2.75) is 100.0 Å². The monoisotopic (exact) mass is 377 g/mol. The second-order valence-electron chi connectivity index (χ2n) is 9.42. The van der Waals surface area contributed by atoms with Gasteiger partial charge in [-0.3, -0.25) is 4.79 Å². The molecule has 1 aromatic carbocycles. The fourth-order valence-corrected chi connectivity index (χ4v) is 3.18. The minimum absolute atomic E-state index is 0.137. The first-order chi connectivity index (χ1) is 12.5. The molecule has 1 amide bonds. The van der Waals surface area contributed by atoms with Gasteiger partial charge in [0.25, 0.3) is 0 Å². The Hall–Kier alpha value is -1.38. The maximum atomic E-state index is 13.9. The Morgan fingerprint density at radius 2 is 1.56 bits per heavy atom. The fraction of sp³-hybridized carbons (Fsp3) is 0.708. The first-order valence-electron chi connectivity index (χ1n) is 10.6. The summed E-state index contributed by atoms with van der Waals surface area (Å²) in [6.45, 7) is 16.6. The molecule has 0 unspecified atom stereocenters. The number of anilines is 1. The van der Waals surface area contributed by atoms with Gasteiger partial charge in [0.1, 0.15) is 5.82 Å². The van der Waals surface area contributed by atoms with E-state index < -0.39 is 5.41 Å². The van der Waals surface area contributed by atoms with Gasteiger partial charge in [-0.25, -0.2) is 4.39 Å². The van der Waals surface area contributed by atoms with Crippen molar-refractivity contribution in [3.05, 3.63) is 29.6 Å². The van der Waals surface area contributed by atoms with Crippen LogP contribution in [0, 0.1) is 23.6 Å². The average molecular weight is 378 g/mol. The van der Waals surface area contributed by atoms with Gasteiger partial charge in [-0.15, -0.1) is 0 Å². The highest BCUT2D eigenvalue weighted by Crippen LogP contribution is 2.41. The largest absolute Gasteiger partial charge is 0.309 e. The molecule has 0 fully saturated rings. The maximum Gasteiger partial charge on any atom is 0.233 e. The predicted octanol–water partition coefficient (Wildman–Crippen LogP) is 7.29. The van der Waals surface area contributed by atoms with Gasteiger partial charge in [-0.05, 0) is 48.9 Å². The molecule has 1 aromatic rings. The standard InChI is InChI=1S/C24H40FNO/c1-9-11-13-19(14-12-10-2)26(20-15-16-21(25)18(3)17-20)22(27)24(7,8)23(4,5)6/h15-17,19H,9-14H2,1-8H3. The summed E-state index contributed by atoms with van der Waals surface area (Å²) in [6, 6.07) is 5.25. The highest BCUT2D eigenvalue weighted by atomic mass is 19.1. The van der Waals surface area contributed by atoms with E-state index in [9.17, 15) is 9.18 Å². The zero-order valence-electron chi connectivity index (χ0n) is 18.8. The van der Waals surface area contributed by atoms with Crippen molar-refractivity contribution in [1.29, 1.82) is 0 Å². The van der Waals surface area contributed by atoms with Crippen molar-refractivity contribution >= 4 is 11.6 Å². The smallest absolute Gasteiger partial charge is 0.233 e. The average Bonchev–Trinajstić information content (AvgIpc) is 2.58. The first-order valence-corrected chi connectivity index (χ1v) is 10.6. The van der Waals surface area contributed by atoms with Crippen molar-refractivity contribution in [2.75, 3.05) is 4.90 Å². The second kappa shape index (κ2) is 9.71. The number of amides is 1. The summed E-state index contributed by atoms with van der Waals surface area (Å²) >= 11 is 0. The molecule has 3 heteroatoms. The zero-order valence-corrected chi connectivity index (χ0v) is 18.8. The third-order valence-electron chi connectivity index (χ3n) is 6.20. The van der Waals surface area contributed by atoms with E-state index in [2.05, 4.69) is 34.6 Å². The molecular weight excluding hydrogens is 337 g/mol.